The predicted octanol–water partition coefficient (Wildman–Crippen LogP) is 3.54. The number of benzene rings is 2. The number of anilines is 3. The number of nitrogens with zero attached hydrogens (tertiary/aromatic N) is 1. The number of ether oxygens (including phenoxy) is 1. The van der Waals surface area contributed by atoms with Crippen LogP contribution in [-0.2, 0) is 11.2 Å². The molecule has 0 bridgehead atoms. The van der Waals surface area contributed by atoms with E-state index in [0.29, 0.717) is 6.61 Å². The maximum atomic E-state index is 11.9. The fraction of sp³-hybridized carbons (Fsp3) is 0.316. The van der Waals surface area contributed by atoms with Crippen molar-refractivity contribution >= 4 is 23.1 Å². The lowest BCUT2D eigenvalue weighted by molar-refractivity contribution is 0.173. The third-order valence-electron chi connectivity index (χ3n) is 4.12. The number of urea groups is 1. The van der Waals surface area contributed by atoms with Crippen molar-refractivity contribution in [3.63, 3.8) is 0 Å². The number of amides is 2. The number of methoxy groups -OCH3 is 1. The van der Waals surface area contributed by atoms with Crippen LogP contribution in [0.15, 0.2) is 48.5 Å². The highest BCUT2D eigenvalue weighted by molar-refractivity contribution is 5.89. The number of carbonyl (C=O) groups is 1. The number of para-hydroxylation sites is 1. The zero-order valence-electron chi connectivity index (χ0n) is 14.1. The summed E-state index contributed by atoms with van der Waals surface area (Å²) in [6.45, 7) is 3.37. The number of nitrogens with one attached hydrogen (secondary N) is 2. The maximum absolute atomic E-state index is 11.9. The van der Waals surface area contributed by atoms with E-state index in [-0.39, 0.29) is 12.1 Å². The first-order valence-electron chi connectivity index (χ1n) is 8.19. The lowest BCUT2D eigenvalue weighted by Gasteiger charge is -2.20. The van der Waals surface area contributed by atoms with Crippen LogP contribution in [0.2, 0.25) is 0 Å². The summed E-state index contributed by atoms with van der Waals surface area (Å²) in [5, 5.41) is 5.67. The highest BCUT2D eigenvalue weighted by atomic mass is 16.5. The first-order valence-corrected chi connectivity index (χ1v) is 8.19. The molecule has 1 heterocycles. The number of carbonyl (C=O) groups excluding carboxylic acids is 1. The summed E-state index contributed by atoms with van der Waals surface area (Å²) < 4.78 is 5.01. The molecule has 1 unspecified atom stereocenters. The second-order valence-electron chi connectivity index (χ2n) is 6.03. The molecule has 2 N–H and O–H groups in total. The Morgan fingerprint density at radius 3 is 2.71 bits per heavy atom. The van der Waals surface area contributed by atoms with E-state index in [4.69, 9.17) is 4.74 Å². The molecular formula is C19H23N3O2. The molecule has 0 radical (unpaired) electrons. The van der Waals surface area contributed by atoms with Crippen molar-refractivity contribution in [1.29, 1.82) is 0 Å². The molecule has 24 heavy (non-hydrogen) atoms. The van der Waals surface area contributed by atoms with Gasteiger partial charge in [0.15, 0.2) is 0 Å². The van der Waals surface area contributed by atoms with E-state index in [1.54, 1.807) is 7.11 Å². The second kappa shape index (κ2) is 7.36. The van der Waals surface area contributed by atoms with Crippen LogP contribution in [0.25, 0.3) is 0 Å². The monoisotopic (exact) mass is 325 g/mol. The zero-order valence-corrected chi connectivity index (χ0v) is 14.1. The van der Waals surface area contributed by atoms with Crippen molar-refractivity contribution in [2.24, 2.45) is 0 Å². The first kappa shape index (κ1) is 16.3. The fourth-order valence-corrected chi connectivity index (χ4v) is 3.01. The minimum absolute atomic E-state index is 0.0321. The number of hydrogen-bond acceptors (Lipinski definition) is 3. The van der Waals surface area contributed by atoms with Gasteiger partial charge in [-0.1, -0.05) is 18.2 Å². The van der Waals surface area contributed by atoms with E-state index in [1.807, 2.05) is 31.2 Å². The van der Waals surface area contributed by atoms with Crippen LogP contribution in [0.1, 0.15) is 12.5 Å². The molecule has 1 aliphatic heterocycles. The predicted molar refractivity (Wildman–Crippen MR) is 97.1 cm³/mol. The lowest BCUT2D eigenvalue weighted by atomic mass is 10.2. The van der Waals surface area contributed by atoms with Crippen LogP contribution in [0.3, 0.4) is 0 Å². The SMILES string of the molecule is COCC(C)NC(=O)Nc1ccc(N2CCc3ccccc32)cc1. The second-order valence-corrected chi connectivity index (χ2v) is 6.03. The van der Waals surface area contributed by atoms with Crippen molar-refractivity contribution in [3.05, 3.63) is 54.1 Å². The van der Waals surface area contributed by atoms with E-state index in [0.717, 1.165) is 24.3 Å². The zero-order chi connectivity index (χ0) is 16.9. The summed E-state index contributed by atoms with van der Waals surface area (Å²) in [6, 6.07) is 16.2. The molecule has 1 atom stereocenters. The quantitative estimate of drug-likeness (QED) is 0.884. The molecule has 0 fully saturated rings. The van der Waals surface area contributed by atoms with Crippen LogP contribution in [-0.4, -0.2) is 32.3 Å². The highest BCUT2D eigenvalue weighted by Gasteiger charge is 2.19. The number of fused-ring (bicyclic) bond motifs is 1. The van der Waals surface area contributed by atoms with Gasteiger partial charge in [0, 0.05) is 30.7 Å². The fourth-order valence-electron chi connectivity index (χ4n) is 3.01. The summed E-state index contributed by atoms with van der Waals surface area (Å²) in [7, 11) is 1.62. The van der Waals surface area contributed by atoms with Crippen molar-refractivity contribution in [2.75, 3.05) is 30.5 Å². The minimum atomic E-state index is -0.223. The van der Waals surface area contributed by atoms with Gasteiger partial charge in [-0.15, -0.1) is 0 Å². The van der Waals surface area contributed by atoms with Gasteiger partial charge in [-0.2, -0.15) is 0 Å². The van der Waals surface area contributed by atoms with Gasteiger partial charge in [0.25, 0.3) is 0 Å². The molecule has 126 valence electrons. The molecule has 2 aromatic carbocycles. The van der Waals surface area contributed by atoms with E-state index in [1.165, 1.54) is 11.3 Å². The summed E-state index contributed by atoms with van der Waals surface area (Å²) in [6.07, 6.45) is 1.07. The van der Waals surface area contributed by atoms with E-state index in [2.05, 4.69) is 39.8 Å². The van der Waals surface area contributed by atoms with E-state index in [9.17, 15) is 4.79 Å². The summed E-state index contributed by atoms with van der Waals surface area (Å²) >= 11 is 0. The van der Waals surface area contributed by atoms with Crippen molar-refractivity contribution in [1.82, 2.24) is 5.32 Å². The molecule has 0 saturated carbocycles. The Bertz CT molecular complexity index is 700. The molecular weight excluding hydrogens is 302 g/mol. The summed E-state index contributed by atoms with van der Waals surface area (Å²) in [5.41, 5.74) is 4.56. The van der Waals surface area contributed by atoms with Crippen LogP contribution >= 0.6 is 0 Å². The maximum Gasteiger partial charge on any atom is 0.319 e. The summed E-state index contributed by atoms with van der Waals surface area (Å²) in [4.78, 5) is 14.2. The average molecular weight is 325 g/mol. The third-order valence-corrected chi connectivity index (χ3v) is 4.12. The van der Waals surface area contributed by atoms with Gasteiger partial charge in [-0.25, -0.2) is 4.79 Å². The molecule has 2 amide bonds. The Morgan fingerprint density at radius 2 is 1.96 bits per heavy atom. The Hall–Kier alpha value is -2.53. The number of hydrogen-bond donors (Lipinski definition) is 2. The van der Waals surface area contributed by atoms with Crippen LogP contribution < -0.4 is 15.5 Å². The molecule has 0 aromatic heterocycles. The molecule has 0 saturated heterocycles. The Balaban J connectivity index is 1.63. The van der Waals surface area contributed by atoms with Gasteiger partial charge in [0.05, 0.1) is 12.6 Å². The molecule has 2 aromatic rings. The molecule has 3 rings (SSSR count). The minimum Gasteiger partial charge on any atom is -0.383 e. The average Bonchev–Trinajstić information content (AvgIpc) is 2.99. The van der Waals surface area contributed by atoms with Crippen LogP contribution in [0.5, 0.6) is 0 Å². The normalized spacial score (nSPS) is 14.2. The topological polar surface area (TPSA) is 53.6 Å². The lowest BCUT2D eigenvalue weighted by Crippen LogP contribution is -2.38. The van der Waals surface area contributed by atoms with Gasteiger partial charge in [0.2, 0.25) is 0 Å². The molecule has 1 aliphatic rings. The van der Waals surface area contributed by atoms with Crippen LogP contribution in [0, 0.1) is 0 Å². The number of rotatable bonds is 5. The molecule has 0 spiro atoms. The van der Waals surface area contributed by atoms with E-state index < -0.39 is 0 Å². The van der Waals surface area contributed by atoms with Gasteiger partial charge >= 0.3 is 6.03 Å². The van der Waals surface area contributed by atoms with Gasteiger partial charge < -0.3 is 20.3 Å². The van der Waals surface area contributed by atoms with Crippen molar-refractivity contribution in [2.45, 2.75) is 19.4 Å². The van der Waals surface area contributed by atoms with Gasteiger partial charge in [-0.05, 0) is 49.2 Å². The first-order chi connectivity index (χ1) is 11.7. The third kappa shape index (κ3) is 3.68. The van der Waals surface area contributed by atoms with E-state index >= 15 is 0 Å². The van der Waals surface area contributed by atoms with Crippen LogP contribution in [0.4, 0.5) is 21.9 Å². The Labute approximate surface area is 142 Å². The van der Waals surface area contributed by atoms with Gasteiger partial charge in [-0.3, -0.25) is 0 Å². The molecule has 0 aliphatic carbocycles. The van der Waals surface area contributed by atoms with Gasteiger partial charge in [0.1, 0.15) is 0 Å². The smallest absolute Gasteiger partial charge is 0.319 e. The highest BCUT2D eigenvalue weighted by Crippen LogP contribution is 2.34. The molecule has 5 heteroatoms. The Kier molecular flexibility index (Phi) is 5.01. The largest absolute Gasteiger partial charge is 0.383 e. The Morgan fingerprint density at radius 1 is 1.21 bits per heavy atom. The summed E-state index contributed by atoms with van der Waals surface area (Å²) in [5.74, 6) is 0. The van der Waals surface area contributed by atoms with Crippen molar-refractivity contribution in [3.8, 4) is 0 Å². The standard InChI is InChI=1S/C19H23N3O2/c1-14(13-24-2)20-19(23)21-16-7-9-17(10-8-16)22-12-11-15-5-3-4-6-18(15)22/h3-10,14H,11-13H2,1-2H3,(H2,20,21,23). The van der Waals surface area contributed by atoms with Crippen molar-refractivity contribution < 1.29 is 9.53 Å². The molecule has 5 nitrogen and oxygen atoms in total.